The van der Waals surface area contributed by atoms with E-state index in [1.165, 1.54) is 0 Å². The van der Waals surface area contributed by atoms with Crippen molar-refractivity contribution in [2.75, 3.05) is 44.6 Å². The van der Waals surface area contributed by atoms with Gasteiger partial charge in [0, 0.05) is 23.2 Å². The molecule has 11 nitrogen and oxygen atoms in total. The summed E-state index contributed by atoms with van der Waals surface area (Å²) in [4.78, 5) is 62.1. The number of fused-ring (bicyclic) bond motifs is 1. The summed E-state index contributed by atoms with van der Waals surface area (Å²) in [6, 6.07) is 31.2. The summed E-state index contributed by atoms with van der Waals surface area (Å²) in [6.07, 6.45) is 2.91. The quantitative estimate of drug-likeness (QED) is 0.0972. The number of benzene rings is 4. The van der Waals surface area contributed by atoms with Crippen molar-refractivity contribution in [3.05, 3.63) is 124 Å². The third-order valence-electron chi connectivity index (χ3n) is 12.2. The molecule has 314 valence electrons. The van der Waals surface area contributed by atoms with Gasteiger partial charge in [0.25, 0.3) is 5.91 Å². The molecule has 3 N–H and O–H groups in total. The second kappa shape index (κ2) is 19.1. The van der Waals surface area contributed by atoms with Crippen LogP contribution in [-0.2, 0) is 24.7 Å². The highest BCUT2D eigenvalue weighted by Crippen LogP contribution is 2.42. The number of amides is 4. The minimum Gasteiger partial charge on any atom is -0.455 e. The van der Waals surface area contributed by atoms with Crippen LogP contribution in [0.2, 0.25) is 0 Å². The van der Waals surface area contributed by atoms with Gasteiger partial charge in [-0.1, -0.05) is 113 Å². The standard InChI is InChI=1S/C48H55BrN6O5/c1-5-53(6-2)42(32-17-11-9-12-18-32)46(58)55-30-16-22-39(55)45(57)51-36-27-28-40-37(31-36)41(49)43(60-40)33-23-25-35(26-24-33)48(54(7-3)8-4,34-19-13-10-14-20-34)47(59)52-44(56)38-21-15-29-50-38/h9-14,17-20,23-28,31,38-39,42,50H,5-8,15-16,21-22,29-30H2,1-4H3,(H,51,57)(H,52,56,59)/t38-,39-,42+,48+/m0/s1. The number of anilines is 1. The number of carbonyl (C=O) groups excluding carboxylic acids is 4. The molecular formula is C48H55BrN6O5. The summed E-state index contributed by atoms with van der Waals surface area (Å²) < 4.78 is 7.12. The molecule has 0 aliphatic carbocycles. The lowest BCUT2D eigenvalue weighted by Crippen LogP contribution is -2.59. The molecule has 2 aliphatic heterocycles. The Morgan fingerprint density at radius 2 is 1.48 bits per heavy atom. The van der Waals surface area contributed by atoms with Gasteiger partial charge in [-0.2, -0.15) is 0 Å². The van der Waals surface area contributed by atoms with E-state index in [-0.39, 0.29) is 17.7 Å². The van der Waals surface area contributed by atoms with Crippen molar-refractivity contribution >= 4 is 56.2 Å². The summed E-state index contributed by atoms with van der Waals surface area (Å²) in [7, 11) is 0. The molecular weight excluding hydrogens is 820 g/mol. The van der Waals surface area contributed by atoms with Gasteiger partial charge in [-0.3, -0.25) is 34.3 Å². The molecule has 2 aliphatic rings. The van der Waals surface area contributed by atoms with Crippen LogP contribution in [0, 0.1) is 0 Å². The molecule has 60 heavy (non-hydrogen) atoms. The van der Waals surface area contributed by atoms with Crippen molar-refractivity contribution in [1.29, 1.82) is 0 Å². The summed E-state index contributed by atoms with van der Waals surface area (Å²) >= 11 is 3.79. The fourth-order valence-electron chi connectivity index (χ4n) is 9.13. The Morgan fingerprint density at radius 1 is 0.817 bits per heavy atom. The number of hydrogen-bond donors (Lipinski definition) is 3. The molecule has 0 radical (unpaired) electrons. The topological polar surface area (TPSA) is 127 Å². The maximum absolute atomic E-state index is 14.6. The normalized spacial score (nSPS) is 18.1. The van der Waals surface area contributed by atoms with Crippen LogP contribution in [0.4, 0.5) is 5.69 Å². The number of likely N-dealkylation sites (tertiary alicyclic amines) is 1. The van der Waals surface area contributed by atoms with E-state index in [0.29, 0.717) is 62.6 Å². The zero-order chi connectivity index (χ0) is 42.4. The molecule has 3 heterocycles. The third-order valence-corrected chi connectivity index (χ3v) is 13.0. The molecule has 0 unspecified atom stereocenters. The molecule has 12 heteroatoms. The molecule has 1 aromatic heterocycles. The average Bonchev–Trinajstić information content (AvgIpc) is 4.07. The molecule has 2 saturated heterocycles. The Kier molecular flexibility index (Phi) is 13.6. The van der Waals surface area contributed by atoms with Crippen LogP contribution in [-0.4, -0.2) is 89.7 Å². The summed E-state index contributed by atoms with van der Waals surface area (Å²) in [5, 5.41) is 9.87. The van der Waals surface area contributed by atoms with E-state index >= 15 is 0 Å². The van der Waals surface area contributed by atoms with Gasteiger partial charge in [0.2, 0.25) is 17.7 Å². The van der Waals surface area contributed by atoms with Crippen LogP contribution in [0.1, 0.15) is 76.1 Å². The first kappa shape index (κ1) is 43.0. The zero-order valence-electron chi connectivity index (χ0n) is 34.9. The fraction of sp³-hybridized carbons (Fsp3) is 0.375. The van der Waals surface area contributed by atoms with Gasteiger partial charge < -0.3 is 20.0 Å². The van der Waals surface area contributed by atoms with E-state index in [1.54, 1.807) is 4.90 Å². The van der Waals surface area contributed by atoms with Crippen molar-refractivity contribution < 1.29 is 23.6 Å². The molecule has 2 fully saturated rings. The molecule has 4 aromatic carbocycles. The van der Waals surface area contributed by atoms with Crippen molar-refractivity contribution in [1.82, 2.24) is 25.3 Å². The number of furan rings is 1. The molecule has 5 aromatic rings. The molecule has 4 amide bonds. The molecule has 7 rings (SSSR count). The first-order valence-corrected chi connectivity index (χ1v) is 22.1. The van der Waals surface area contributed by atoms with E-state index in [1.807, 2.05) is 117 Å². The summed E-state index contributed by atoms with van der Waals surface area (Å²) in [5.41, 5.74) is 3.11. The Balaban J connectivity index is 1.15. The first-order valence-electron chi connectivity index (χ1n) is 21.3. The number of halogens is 1. The second-order valence-corrected chi connectivity index (χ2v) is 16.3. The van der Waals surface area contributed by atoms with Crippen LogP contribution in [0.5, 0.6) is 0 Å². The maximum Gasteiger partial charge on any atom is 0.256 e. The molecule has 0 saturated carbocycles. The van der Waals surface area contributed by atoms with Crippen molar-refractivity contribution in [2.24, 2.45) is 0 Å². The second-order valence-electron chi connectivity index (χ2n) is 15.5. The van der Waals surface area contributed by atoms with Gasteiger partial charge in [0.05, 0.1) is 10.5 Å². The zero-order valence-corrected chi connectivity index (χ0v) is 36.5. The largest absolute Gasteiger partial charge is 0.455 e. The monoisotopic (exact) mass is 874 g/mol. The van der Waals surface area contributed by atoms with Crippen molar-refractivity contribution in [3.63, 3.8) is 0 Å². The third kappa shape index (κ3) is 8.30. The Labute approximate surface area is 361 Å². The number of nitrogens with one attached hydrogen (secondary N) is 3. The highest BCUT2D eigenvalue weighted by Gasteiger charge is 2.47. The van der Waals surface area contributed by atoms with E-state index in [0.717, 1.165) is 51.5 Å². The SMILES string of the molecule is CCN(CC)[C@@H](C(=O)N1CCC[C@H]1C(=O)Nc1ccc2oc(-c3ccc([C@@](C(=O)NC(=O)[C@@H]4CCCN4)(c4ccccc4)N(CC)CC)cc3)c(Br)c2c1)c1ccccc1. The lowest BCUT2D eigenvalue weighted by molar-refractivity contribution is -0.141. The minimum absolute atomic E-state index is 0.0557. The Hall–Kier alpha value is -5.14. The lowest BCUT2D eigenvalue weighted by atomic mass is 9.79. The summed E-state index contributed by atoms with van der Waals surface area (Å²) in [5.74, 6) is -0.393. The smallest absolute Gasteiger partial charge is 0.256 e. The number of nitrogens with zero attached hydrogens (tertiary/aromatic N) is 3. The summed E-state index contributed by atoms with van der Waals surface area (Å²) in [6.45, 7) is 11.9. The van der Waals surface area contributed by atoms with Gasteiger partial charge >= 0.3 is 0 Å². The molecule has 4 atom stereocenters. The highest BCUT2D eigenvalue weighted by atomic mass is 79.9. The Morgan fingerprint density at radius 3 is 2.12 bits per heavy atom. The number of hydrogen-bond acceptors (Lipinski definition) is 8. The number of carbonyl (C=O) groups is 4. The van der Waals surface area contributed by atoms with Crippen molar-refractivity contribution in [3.8, 4) is 11.3 Å². The predicted molar refractivity (Wildman–Crippen MR) is 239 cm³/mol. The number of likely N-dealkylation sites (N-methyl/N-ethyl adjacent to an activating group) is 2. The first-order chi connectivity index (χ1) is 29.2. The molecule has 0 bridgehead atoms. The van der Waals surface area contributed by atoms with E-state index < -0.39 is 29.6 Å². The lowest BCUT2D eigenvalue weighted by Gasteiger charge is -2.42. The fourth-order valence-corrected chi connectivity index (χ4v) is 9.75. The maximum atomic E-state index is 14.6. The number of rotatable bonds is 15. The van der Waals surface area contributed by atoms with E-state index in [9.17, 15) is 19.2 Å². The average molecular weight is 876 g/mol. The van der Waals surface area contributed by atoms with Crippen LogP contribution >= 0.6 is 15.9 Å². The van der Waals surface area contributed by atoms with Gasteiger partial charge in [-0.05, 0) is 109 Å². The predicted octanol–water partition coefficient (Wildman–Crippen LogP) is 7.86. The van der Waals surface area contributed by atoms with Gasteiger partial charge in [-0.25, -0.2) is 0 Å². The van der Waals surface area contributed by atoms with E-state index in [4.69, 9.17) is 4.42 Å². The van der Waals surface area contributed by atoms with E-state index in [2.05, 4.69) is 55.5 Å². The van der Waals surface area contributed by atoms with Crippen LogP contribution in [0.15, 0.2) is 112 Å². The van der Waals surface area contributed by atoms with Gasteiger partial charge in [-0.15, -0.1) is 0 Å². The molecule has 0 spiro atoms. The van der Waals surface area contributed by atoms with Crippen molar-refractivity contribution in [2.45, 2.75) is 77.0 Å². The minimum atomic E-state index is -1.29. The Bertz CT molecular complexity index is 2290. The number of imide groups is 1. The van der Waals surface area contributed by atoms with Crippen LogP contribution in [0.25, 0.3) is 22.3 Å². The highest BCUT2D eigenvalue weighted by molar-refractivity contribution is 9.10. The van der Waals surface area contributed by atoms with Crippen LogP contribution < -0.4 is 16.0 Å². The van der Waals surface area contributed by atoms with Gasteiger partial charge in [0.1, 0.15) is 23.4 Å². The van der Waals surface area contributed by atoms with Gasteiger partial charge in [0.15, 0.2) is 5.54 Å². The van der Waals surface area contributed by atoms with Crippen LogP contribution in [0.3, 0.4) is 0 Å².